The minimum Gasteiger partial charge on any atom is -0.392 e. The second-order valence-electron chi connectivity index (χ2n) is 10.7. The van der Waals surface area contributed by atoms with Crippen molar-refractivity contribution in [1.29, 1.82) is 0 Å². The Morgan fingerprint density at radius 1 is 1.04 bits per heavy atom. The van der Waals surface area contributed by atoms with Gasteiger partial charge in [0.1, 0.15) is 0 Å². The van der Waals surface area contributed by atoms with E-state index in [0.717, 1.165) is 23.1 Å². The van der Waals surface area contributed by atoms with E-state index < -0.39 is 0 Å². The third-order valence-electron chi connectivity index (χ3n) is 9.96. The quantitative estimate of drug-likeness (QED) is 0.619. The van der Waals surface area contributed by atoms with Gasteiger partial charge in [-0.2, -0.15) is 0 Å². The van der Waals surface area contributed by atoms with Crippen molar-refractivity contribution < 1.29 is 5.11 Å². The molecule has 0 saturated heterocycles. The van der Waals surface area contributed by atoms with Gasteiger partial charge in [-0.1, -0.05) is 43.1 Å². The first kappa shape index (κ1) is 18.7. The standard InChI is InChI=1S/C22H38BrNO/c1-14-8-9-21(3)15(12-14)4-5-17-16-6-7-18(19(25)13-23)20(16,2)10-11-22(17,21)24/h14-19,25H,4-13,24H2,1-3H3/t14-,15-,16?,17?,18?,19?,20-,21-,22+/m0/s1. The molecule has 0 aromatic heterocycles. The van der Waals surface area contributed by atoms with Gasteiger partial charge in [0.25, 0.3) is 0 Å². The Bertz CT molecular complexity index is 526. The van der Waals surface area contributed by atoms with Gasteiger partial charge in [-0.15, -0.1) is 0 Å². The number of aliphatic hydroxyl groups is 1. The van der Waals surface area contributed by atoms with Gasteiger partial charge in [0, 0.05) is 10.9 Å². The molecule has 0 aromatic rings. The Hall–Kier alpha value is 0.400. The number of aliphatic hydroxyl groups excluding tert-OH is 1. The van der Waals surface area contributed by atoms with Crippen LogP contribution in [0.2, 0.25) is 0 Å². The molecule has 4 aliphatic rings. The lowest BCUT2D eigenvalue weighted by Crippen LogP contribution is -2.70. The van der Waals surface area contributed by atoms with E-state index in [4.69, 9.17) is 5.73 Å². The Morgan fingerprint density at radius 2 is 1.76 bits per heavy atom. The molecule has 0 radical (unpaired) electrons. The van der Waals surface area contributed by atoms with Crippen LogP contribution in [0.3, 0.4) is 0 Å². The highest BCUT2D eigenvalue weighted by Gasteiger charge is 2.66. The van der Waals surface area contributed by atoms with Crippen LogP contribution in [0.25, 0.3) is 0 Å². The average molecular weight is 412 g/mol. The highest BCUT2D eigenvalue weighted by Crippen LogP contribution is 2.68. The normalized spacial score (nSPS) is 56.6. The topological polar surface area (TPSA) is 46.2 Å². The van der Waals surface area contributed by atoms with Crippen LogP contribution in [-0.4, -0.2) is 22.1 Å². The summed E-state index contributed by atoms with van der Waals surface area (Å²) in [4.78, 5) is 0. The molecule has 4 saturated carbocycles. The van der Waals surface area contributed by atoms with Crippen LogP contribution in [-0.2, 0) is 0 Å². The van der Waals surface area contributed by atoms with Crippen molar-refractivity contribution in [2.24, 2.45) is 46.2 Å². The number of fused-ring (bicyclic) bond motifs is 5. The Morgan fingerprint density at radius 3 is 2.48 bits per heavy atom. The van der Waals surface area contributed by atoms with Crippen molar-refractivity contribution >= 4 is 15.9 Å². The smallest absolute Gasteiger partial charge is 0.0670 e. The number of nitrogens with two attached hydrogens (primary N) is 1. The van der Waals surface area contributed by atoms with Crippen LogP contribution in [0.4, 0.5) is 0 Å². The number of hydrogen-bond acceptors (Lipinski definition) is 2. The lowest BCUT2D eigenvalue weighted by Gasteiger charge is -2.66. The molecule has 3 N–H and O–H groups in total. The summed E-state index contributed by atoms with van der Waals surface area (Å²) in [7, 11) is 0. The zero-order valence-corrected chi connectivity index (χ0v) is 18.0. The van der Waals surface area contributed by atoms with Crippen molar-refractivity contribution in [1.82, 2.24) is 0 Å². The average Bonchev–Trinajstić information content (AvgIpc) is 2.93. The van der Waals surface area contributed by atoms with Gasteiger partial charge in [-0.05, 0) is 91.8 Å². The predicted octanol–water partition coefficient (Wildman–Crippen LogP) is 5.12. The zero-order chi connectivity index (χ0) is 18.0. The van der Waals surface area contributed by atoms with E-state index in [-0.39, 0.29) is 11.6 Å². The van der Waals surface area contributed by atoms with Crippen molar-refractivity contribution in [2.75, 3.05) is 5.33 Å². The third-order valence-corrected chi connectivity index (χ3v) is 10.6. The summed E-state index contributed by atoms with van der Waals surface area (Å²) in [6, 6.07) is 0. The van der Waals surface area contributed by atoms with Crippen molar-refractivity contribution in [3.8, 4) is 0 Å². The Labute approximate surface area is 162 Å². The maximum absolute atomic E-state index is 10.6. The minimum atomic E-state index is -0.192. The van der Waals surface area contributed by atoms with Gasteiger partial charge in [0.05, 0.1) is 6.10 Å². The first-order valence-corrected chi connectivity index (χ1v) is 11.9. The Balaban J connectivity index is 1.65. The highest BCUT2D eigenvalue weighted by molar-refractivity contribution is 9.09. The van der Waals surface area contributed by atoms with E-state index in [9.17, 15) is 5.11 Å². The van der Waals surface area contributed by atoms with E-state index in [1.54, 1.807) is 0 Å². The number of halogens is 1. The van der Waals surface area contributed by atoms with Crippen LogP contribution in [0.5, 0.6) is 0 Å². The molecule has 0 amide bonds. The lowest BCUT2D eigenvalue weighted by molar-refractivity contribution is -0.139. The van der Waals surface area contributed by atoms with Crippen LogP contribution < -0.4 is 5.73 Å². The van der Waals surface area contributed by atoms with Crippen LogP contribution in [0, 0.1) is 40.4 Å². The molecule has 4 aliphatic carbocycles. The zero-order valence-electron chi connectivity index (χ0n) is 16.4. The molecule has 0 spiro atoms. The van der Waals surface area contributed by atoms with E-state index in [1.807, 2.05) is 0 Å². The summed E-state index contributed by atoms with van der Waals surface area (Å²) in [6.07, 6.45) is 11.5. The molecule has 25 heavy (non-hydrogen) atoms. The summed E-state index contributed by atoms with van der Waals surface area (Å²) >= 11 is 3.53. The third kappa shape index (κ3) is 2.47. The van der Waals surface area contributed by atoms with Gasteiger partial charge < -0.3 is 10.8 Å². The minimum absolute atomic E-state index is 0.0362. The molecule has 0 heterocycles. The van der Waals surface area contributed by atoms with E-state index in [1.165, 1.54) is 57.8 Å². The molecular weight excluding hydrogens is 374 g/mol. The van der Waals surface area contributed by atoms with Crippen LogP contribution >= 0.6 is 15.9 Å². The van der Waals surface area contributed by atoms with Gasteiger partial charge >= 0.3 is 0 Å². The van der Waals surface area contributed by atoms with Crippen molar-refractivity contribution in [3.05, 3.63) is 0 Å². The maximum Gasteiger partial charge on any atom is 0.0670 e. The van der Waals surface area contributed by atoms with Gasteiger partial charge in [0.2, 0.25) is 0 Å². The fourth-order valence-corrected chi connectivity index (χ4v) is 8.75. The van der Waals surface area contributed by atoms with Gasteiger partial charge in [0.15, 0.2) is 0 Å². The number of rotatable bonds is 2. The second-order valence-corrected chi connectivity index (χ2v) is 11.4. The molecule has 4 fully saturated rings. The fourth-order valence-electron chi connectivity index (χ4n) is 8.30. The predicted molar refractivity (Wildman–Crippen MR) is 108 cm³/mol. The van der Waals surface area contributed by atoms with Crippen molar-refractivity contribution in [2.45, 2.75) is 90.2 Å². The second kappa shape index (κ2) is 6.21. The van der Waals surface area contributed by atoms with Crippen molar-refractivity contribution in [3.63, 3.8) is 0 Å². The van der Waals surface area contributed by atoms with E-state index >= 15 is 0 Å². The first-order valence-electron chi connectivity index (χ1n) is 10.8. The molecule has 2 nitrogen and oxygen atoms in total. The maximum atomic E-state index is 10.6. The Kier molecular flexibility index (Phi) is 4.65. The summed E-state index contributed by atoms with van der Waals surface area (Å²) < 4.78 is 0. The van der Waals surface area contributed by atoms with Gasteiger partial charge in [-0.25, -0.2) is 0 Å². The van der Waals surface area contributed by atoms with Crippen LogP contribution in [0.15, 0.2) is 0 Å². The van der Waals surface area contributed by atoms with Crippen LogP contribution in [0.1, 0.15) is 78.6 Å². The van der Waals surface area contributed by atoms with E-state index in [2.05, 4.69) is 36.7 Å². The highest BCUT2D eigenvalue weighted by atomic mass is 79.9. The molecule has 0 aliphatic heterocycles. The molecular formula is C22H38BrNO. The summed E-state index contributed by atoms with van der Waals surface area (Å²) in [5.41, 5.74) is 8.07. The first-order chi connectivity index (χ1) is 11.8. The fraction of sp³-hybridized carbons (Fsp3) is 1.00. The molecule has 4 unspecified atom stereocenters. The molecule has 0 aromatic carbocycles. The SMILES string of the molecule is C[C@H]1CC[C@@]2(C)[C@@H](CCC3C4CCC(C(O)CBr)[C@@]4(C)CC[C@@]32N)C1. The largest absolute Gasteiger partial charge is 0.392 e. The molecule has 4 rings (SSSR count). The monoisotopic (exact) mass is 411 g/mol. The summed E-state index contributed by atoms with van der Waals surface area (Å²) in [5, 5.41) is 11.3. The number of alkyl halides is 1. The molecule has 9 atom stereocenters. The molecule has 3 heteroatoms. The molecule has 144 valence electrons. The summed E-state index contributed by atoms with van der Waals surface area (Å²) in [5.74, 6) is 3.58. The van der Waals surface area contributed by atoms with Gasteiger partial charge in [-0.3, -0.25) is 0 Å². The summed E-state index contributed by atoms with van der Waals surface area (Å²) in [6.45, 7) is 7.48. The number of hydrogen-bond donors (Lipinski definition) is 2. The van der Waals surface area contributed by atoms with E-state index in [0.29, 0.717) is 22.7 Å². The lowest BCUT2D eigenvalue weighted by atomic mass is 9.41. The molecule has 0 bridgehead atoms.